The first-order valence-electron chi connectivity index (χ1n) is 9.07. The van der Waals surface area contributed by atoms with Crippen molar-refractivity contribution in [1.82, 2.24) is 19.7 Å². The van der Waals surface area contributed by atoms with Crippen LogP contribution < -0.4 is 21.5 Å². The second-order valence-electron chi connectivity index (χ2n) is 7.11. The van der Waals surface area contributed by atoms with E-state index in [0.717, 1.165) is 4.68 Å². The van der Waals surface area contributed by atoms with Gasteiger partial charge in [-0.15, -0.1) is 0 Å². The molecule has 1 aromatic carbocycles. The van der Waals surface area contributed by atoms with Gasteiger partial charge in [0, 0.05) is 11.8 Å². The molecule has 0 aliphatic rings. The summed E-state index contributed by atoms with van der Waals surface area (Å²) >= 11 is 0. The molecule has 2 aromatic heterocycles. The van der Waals surface area contributed by atoms with Crippen LogP contribution in [0.5, 0.6) is 11.5 Å². The summed E-state index contributed by atoms with van der Waals surface area (Å²) < 4.78 is 6.77. The highest BCUT2D eigenvalue weighted by Gasteiger charge is 2.17. The maximum atomic E-state index is 12.1. The molecule has 0 saturated carbocycles. The second-order valence-corrected chi connectivity index (χ2v) is 7.11. The summed E-state index contributed by atoms with van der Waals surface area (Å²) in [6.07, 6.45) is 1.47. The van der Waals surface area contributed by atoms with Crippen molar-refractivity contribution in [3.05, 3.63) is 78.0 Å². The molecule has 0 aliphatic heterocycles. The summed E-state index contributed by atoms with van der Waals surface area (Å²) in [5, 5.41) is 12.7. The molecule has 2 heterocycles. The number of ether oxygens (including phenoxy) is 1. The Morgan fingerprint density at radius 2 is 1.73 bits per heavy atom. The van der Waals surface area contributed by atoms with Gasteiger partial charge < -0.3 is 14.8 Å². The number of nitrogens with zero attached hydrogens (tertiary/aromatic N) is 2. The Labute approximate surface area is 169 Å². The maximum absolute atomic E-state index is 12.1. The number of carboxylic acids is 1. The number of aromatic amines is 2. The highest BCUT2D eigenvalue weighted by atomic mass is 16.5. The summed E-state index contributed by atoms with van der Waals surface area (Å²) in [4.78, 5) is 51.4. The molecular weight excluding hydrogens is 392 g/mol. The largest absolute Gasteiger partial charge is 0.476 e. The van der Waals surface area contributed by atoms with Crippen molar-refractivity contribution >= 4 is 5.97 Å². The Kier molecular flexibility index (Phi) is 5.41. The molecule has 10 heteroatoms. The number of nitrogens with one attached hydrogen (secondary N) is 2. The van der Waals surface area contributed by atoms with Gasteiger partial charge in [0.1, 0.15) is 11.5 Å². The van der Waals surface area contributed by atoms with Gasteiger partial charge in [-0.3, -0.25) is 14.6 Å². The zero-order valence-corrected chi connectivity index (χ0v) is 16.8. The van der Waals surface area contributed by atoms with Crippen LogP contribution in [-0.2, 0) is 0 Å². The van der Waals surface area contributed by atoms with E-state index in [1.54, 1.807) is 32.0 Å². The lowest BCUT2D eigenvalue weighted by molar-refractivity contribution is 0.0685. The predicted molar refractivity (Wildman–Crippen MR) is 108 cm³/mol. The van der Waals surface area contributed by atoms with Crippen LogP contribution in [-0.4, -0.2) is 30.8 Å². The van der Waals surface area contributed by atoms with E-state index in [2.05, 4.69) is 10.1 Å². The van der Waals surface area contributed by atoms with E-state index in [1.165, 1.54) is 6.20 Å². The SMILES string of the molecule is Cc1cc(-n2nc(C(=O)O)c(=O)[nH]c2=O)cc(C)c1Oc1c[nH]c(=O)c(C(C)C)c1. The Morgan fingerprint density at radius 3 is 2.30 bits per heavy atom. The number of benzene rings is 1. The molecule has 0 amide bonds. The molecule has 30 heavy (non-hydrogen) atoms. The van der Waals surface area contributed by atoms with Crippen LogP contribution in [0.3, 0.4) is 0 Å². The maximum Gasteiger partial charge on any atom is 0.362 e. The van der Waals surface area contributed by atoms with Crippen molar-refractivity contribution < 1.29 is 14.6 Å². The van der Waals surface area contributed by atoms with Crippen LogP contribution in [0.15, 0.2) is 38.8 Å². The van der Waals surface area contributed by atoms with Gasteiger partial charge in [-0.2, -0.15) is 9.78 Å². The molecule has 0 aliphatic carbocycles. The minimum Gasteiger partial charge on any atom is -0.476 e. The first-order valence-corrected chi connectivity index (χ1v) is 9.07. The molecule has 0 spiro atoms. The van der Waals surface area contributed by atoms with Crippen LogP contribution in [0.1, 0.15) is 46.9 Å². The normalized spacial score (nSPS) is 11.0. The van der Waals surface area contributed by atoms with Crippen molar-refractivity contribution in [2.75, 3.05) is 0 Å². The van der Waals surface area contributed by atoms with Gasteiger partial charge in [0.05, 0.1) is 5.69 Å². The Bertz CT molecular complexity index is 1290. The lowest BCUT2D eigenvalue weighted by Gasteiger charge is -2.15. The van der Waals surface area contributed by atoms with E-state index in [1.807, 2.05) is 18.8 Å². The fraction of sp³-hybridized carbons (Fsp3) is 0.250. The molecule has 0 unspecified atom stereocenters. The average Bonchev–Trinajstić information content (AvgIpc) is 2.65. The first-order chi connectivity index (χ1) is 14.1. The Hall–Kier alpha value is -3.95. The highest BCUT2D eigenvalue weighted by molar-refractivity contribution is 5.84. The van der Waals surface area contributed by atoms with Crippen molar-refractivity contribution in [1.29, 1.82) is 0 Å². The van der Waals surface area contributed by atoms with Crippen LogP contribution in [0.2, 0.25) is 0 Å². The summed E-state index contributed by atoms with van der Waals surface area (Å²) in [5.74, 6) is -0.568. The molecule has 3 rings (SSSR count). The molecule has 3 aromatic rings. The smallest absolute Gasteiger partial charge is 0.362 e. The number of hydrogen-bond donors (Lipinski definition) is 3. The fourth-order valence-electron chi connectivity index (χ4n) is 3.01. The van der Waals surface area contributed by atoms with E-state index in [-0.39, 0.29) is 17.2 Å². The zero-order valence-electron chi connectivity index (χ0n) is 16.8. The summed E-state index contributed by atoms with van der Waals surface area (Å²) in [6.45, 7) is 7.30. The fourth-order valence-corrected chi connectivity index (χ4v) is 3.01. The van der Waals surface area contributed by atoms with Gasteiger partial charge in [0.2, 0.25) is 5.69 Å². The second kappa shape index (κ2) is 7.82. The van der Waals surface area contributed by atoms with E-state index < -0.39 is 22.9 Å². The molecule has 3 N–H and O–H groups in total. The van der Waals surface area contributed by atoms with Gasteiger partial charge >= 0.3 is 11.7 Å². The quantitative estimate of drug-likeness (QED) is 0.579. The molecule has 0 radical (unpaired) electrons. The van der Waals surface area contributed by atoms with Gasteiger partial charge in [-0.05, 0) is 49.1 Å². The van der Waals surface area contributed by atoms with Crippen LogP contribution in [0.25, 0.3) is 5.69 Å². The number of rotatable bonds is 5. The number of carboxylic acid groups (broad SMARTS) is 1. The zero-order chi connectivity index (χ0) is 22.2. The lowest BCUT2D eigenvalue weighted by atomic mass is 10.1. The summed E-state index contributed by atoms with van der Waals surface area (Å²) in [6, 6.07) is 4.83. The molecule has 10 nitrogen and oxygen atoms in total. The van der Waals surface area contributed by atoms with E-state index in [0.29, 0.717) is 28.2 Å². The number of H-pyrrole nitrogens is 2. The minimum absolute atomic E-state index is 0.0171. The van der Waals surface area contributed by atoms with Crippen LogP contribution in [0.4, 0.5) is 0 Å². The monoisotopic (exact) mass is 412 g/mol. The van der Waals surface area contributed by atoms with Crippen molar-refractivity contribution in [3.63, 3.8) is 0 Å². The third-order valence-electron chi connectivity index (χ3n) is 4.47. The molecule has 0 bridgehead atoms. The highest BCUT2D eigenvalue weighted by Crippen LogP contribution is 2.30. The van der Waals surface area contributed by atoms with Gasteiger partial charge in [-0.1, -0.05) is 13.8 Å². The van der Waals surface area contributed by atoms with E-state index >= 15 is 0 Å². The standard InChI is InChI=1S/C20H20N4O6/c1-9(2)14-7-13(8-21-17(14)25)30-16-10(3)5-12(6-11(16)4)24-20(29)22-18(26)15(23-24)19(27)28/h5-9H,1-4H3,(H,21,25)(H,27,28)(H,22,26,29). The molecule has 0 fully saturated rings. The number of hydrogen-bond acceptors (Lipinski definition) is 6. The van der Waals surface area contributed by atoms with Crippen LogP contribution >= 0.6 is 0 Å². The molecule has 0 saturated heterocycles. The van der Waals surface area contributed by atoms with Gasteiger partial charge in [-0.25, -0.2) is 9.59 Å². The number of aryl methyl sites for hydroxylation is 2. The Morgan fingerprint density at radius 1 is 1.10 bits per heavy atom. The van der Waals surface area contributed by atoms with Gasteiger partial charge in [0.15, 0.2) is 0 Å². The van der Waals surface area contributed by atoms with Crippen LogP contribution in [0, 0.1) is 13.8 Å². The third kappa shape index (κ3) is 3.93. The third-order valence-corrected chi connectivity index (χ3v) is 4.47. The molecule has 156 valence electrons. The van der Waals surface area contributed by atoms with E-state index in [9.17, 15) is 19.2 Å². The van der Waals surface area contributed by atoms with E-state index in [4.69, 9.17) is 9.84 Å². The summed E-state index contributed by atoms with van der Waals surface area (Å²) in [5.41, 5.74) is -0.775. The molecular formula is C20H20N4O6. The minimum atomic E-state index is -1.54. The van der Waals surface area contributed by atoms with Crippen molar-refractivity contribution in [2.45, 2.75) is 33.6 Å². The number of carbonyl (C=O) groups is 1. The number of pyridine rings is 1. The average molecular weight is 412 g/mol. The lowest BCUT2D eigenvalue weighted by Crippen LogP contribution is -2.35. The first kappa shape index (κ1) is 20.8. The molecule has 0 atom stereocenters. The summed E-state index contributed by atoms with van der Waals surface area (Å²) in [7, 11) is 0. The van der Waals surface area contributed by atoms with Crippen molar-refractivity contribution in [2.24, 2.45) is 0 Å². The number of aromatic carboxylic acids is 1. The predicted octanol–water partition coefficient (Wildman–Crippen LogP) is 1.84. The topological polar surface area (TPSA) is 147 Å². The van der Waals surface area contributed by atoms with Gasteiger partial charge in [0.25, 0.3) is 11.1 Å². The Balaban J connectivity index is 2.06. The number of aromatic nitrogens is 4. The van der Waals surface area contributed by atoms with Crippen molar-refractivity contribution in [3.8, 4) is 17.2 Å².